The van der Waals surface area contributed by atoms with E-state index >= 15 is 0 Å². The van der Waals surface area contributed by atoms with Crippen LogP contribution in [-0.4, -0.2) is 35.3 Å². The van der Waals surface area contributed by atoms with Gasteiger partial charge in [0.2, 0.25) is 11.8 Å². The van der Waals surface area contributed by atoms with Crippen LogP contribution >= 0.6 is 0 Å². The molecule has 2 aromatic carbocycles. The van der Waals surface area contributed by atoms with Crippen molar-refractivity contribution in [1.82, 2.24) is 15.2 Å². The molecule has 0 fully saturated rings. The van der Waals surface area contributed by atoms with Crippen molar-refractivity contribution in [3.8, 4) is 0 Å². The predicted molar refractivity (Wildman–Crippen MR) is 101 cm³/mol. The van der Waals surface area contributed by atoms with Crippen LogP contribution in [0.5, 0.6) is 0 Å². The number of fused-ring (bicyclic) bond motifs is 1. The zero-order valence-electron chi connectivity index (χ0n) is 14.7. The monoisotopic (exact) mass is 347 g/mol. The maximum Gasteiger partial charge on any atom is 0.242 e. The minimum absolute atomic E-state index is 0.00875. The zero-order chi connectivity index (χ0) is 18.4. The standard InChI is InChI=1S/C21H21N3O2/c1-24(15-16-9-11-22-12-10-16)21(26)14-23-20(25)13-18-7-4-6-17-5-2-3-8-19(17)18/h2-12H,13-15H2,1H3,(H,23,25). The van der Waals surface area contributed by atoms with Gasteiger partial charge in [-0.25, -0.2) is 0 Å². The third kappa shape index (κ3) is 4.45. The molecule has 1 N–H and O–H groups in total. The molecule has 5 heteroatoms. The summed E-state index contributed by atoms with van der Waals surface area (Å²) in [5, 5.41) is 4.88. The van der Waals surface area contributed by atoms with Gasteiger partial charge < -0.3 is 10.2 Å². The van der Waals surface area contributed by atoms with Gasteiger partial charge in [-0.3, -0.25) is 14.6 Å². The van der Waals surface area contributed by atoms with Gasteiger partial charge in [0, 0.05) is 26.0 Å². The summed E-state index contributed by atoms with van der Waals surface area (Å²) in [4.78, 5) is 30.0. The van der Waals surface area contributed by atoms with Gasteiger partial charge >= 0.3 is 0 Å². The van der Waals surface area contributed by atoms with Crippen molar-refractivity contribution in [3.05, 3.63) is 78.1 Å². The van der Waals surface area contributed by atoms with Gasteiger partial charge in [-0.15, -0.1) is 0 Å². The van der Waals surface area contributed by atoms with Crippen molar-refractivity contribution in [2.24, 2.45) is 0 Å². The summed E-state index contributed by atoms with van der Waals surface area (Å²) in [6.07, 6.45) is 3.64. The fourth-order valence-electron chi connectivity index (χ4n) is 2.84. The number of carbonyl (C=O) groups excluding carboxylic acids is 2. The highest BCUT2D eigenvalue weighted by molar-refractivity contribution is 5.91. The fraction of sp³-hybridized carbons (Fsp3) is 0.190. The largest absolute Gasteiger partial charge is 0.347 e. The molecule has 0 bridgehead atoms. The average molecular weight is 347 g/mol. The number of aromatic nitrogens is 1. The van der Waals surface area contributed by atoms with Gasteiger partial charge in [0.05, 0.1) is 13.0 Å². The van der Waals surface area contributed by atoms with E-state index in [0.29, 0.717) is 6.54 Å². The Labute approximate surface area is 152 Å². The summed E-state index contributed by atoms with van der Waals surface area (Å²) in [5.41, 5.74) is 1.95. The van der Waals surface area contributed by atoms with Gasteiger partial charge in [-0.2, -0.15) is 0 Å². The van der Waals surface area contributed by atoms with E-state index in [-0.39, 0.29) is 24.8 Å². The molecular formula is C21H21N3O2. The molecule has 0 aliphatic heterocycles. The van der Waals surface area contributed by atoms with Gasteiger partial charge in [-0.05, 0) is 34.0 Å². The number of rotatable bonds is 6. The van der Waals surface area contributed by atoms with E-state index in [9.17, 15) is 9.59 Å². The molecule has 2 amide bonds. The molecule has 0 saturated heterocycles. The molecule has 0 aliphatic carbocycles. The molecule has 3 aromatic rings. The van der Waals surface area contributed by atoms with Crippen LogP contribution in [-0.2, 0) is 22.6 Å². The molecule has 5 nitrogen and oxygen atoms in total. The second-order valence-electron chi connectivity index (χ2n) is 6.20. The molecule has 0 atom stereocenters. The van der Waals surface area contributed by atoms with Crippen LogP contribution in [0.15, 0.2) is 67.0 Å². The lowest BCUT2D eigenvalue weighted by atomic mass is 10.0. The van der Waals surface area contributed by atoms with Crippen molar-refractivity contribution in [1.29, 1.82) is 0 Å². The van der Waals surface area contributed by atoms with Crippen molar-refractivity contribution < 1.29 is 9.59 Å². The Hall–Kier alpha value is -3.21. The van der Waals surface area contributed by atoms with Gasteiger partial charge in [-0.1, -0.05) is 42.5 Å². The lowest BCUT2D eigenvalue weighted by molar-refractivity contribution is -0.132. The van der Waals surface area contributed by atoms with Crippen molar-refractivity contribution in [2.75, 3.05) is 13.6 Å². The first-order chi connectivity index (χ1) is 12.6. The fourth-order valence-corrected chi connectivity index (χ4v) is 2.84. The van der Waals surface area contributed by atoms with Crippen LogP contribution in [0.25, 0.3) is 10.8 Å². The molecule has 26 heavy (non-hydrogen) atoms. The first kappa shape index (κ1) is 17.6. The minimum atomic E-state index is -0.160. The maximum absolute atomic E-state index is 12.3. The smallest absolute Gasteiger partial charge is 0.242 e. The number of carbonyl (C=O) groups is 2. The number of likely N-dealkylation sites (N-methyl/N-ethyl adjacent to an activating group) is 1. The maximum atomic E-state index is 12.3. The highest BCUT2D eigenvalue weighted by Gasteiger charge is 2.12. The predicted octanol–water partition coefficient (Wildman–Crippen LogP) is 2.55. The number of benzene rings is 2. The quantitative estimate of drug-likeness (QED) is 0.745. The third-order valence-corrected chi connectivity index (χ3v) is 4.26. The van der Waals surface area contributed by atoms with E-state index < -0.39 is 0 Å². The molecule has 0 unspecified atom stereocenters. The van der Waals surface area contributed by atoms with E-state index in [2.05, 4.69) is 10.3 Å². The molecule has 0 spiro atoms. The summed E-state index contributed by atoms with van der Waals surface area (Å²) in [5.74, 6) is -0.292. The van der Waals surface area contributed by atoms with Crippen molar-refractivity contribution in [2.45, 2.75) is 13.0 Å². The highest BCUT2D eigenvalue weighted by atomic mass is 16.2. The lowest BCUT2D eigenvalue weighted by Crippen LogP contribution is -2.38. The van der Waals surface area contributed by atoms with Crippen LogP contribution in [0.1, 0.15) is 11.1 Å². The zero-order valence-corrected chi connectivity index (χ0v) is 14.7. The second-order valence-corrected chi connectivity index (χ2v) is 6.20. The van der Waals surface area contributed by atoms with Crippen molar-refractivity contribution in [3.63, 3.8) is 0 Å². The van der Waals surface area contributed by atoms with Crippen LogP contribution in [0.2, 0.25) is 0 Å². The van der Waals surface area contributed by atoms with E-state index in [1.807, 2.05) is 54.6 Å². The minimum Gasteiger partial charge on any atom is -0.347 e. The number of nitrogens with one attached hydrogen (secondary N) is 1. The Kier molecular flexibility index (Phi) is 5.59. The Balaban J connectivity index is 1.54. The number of nitrogens with zero attached hydrogens (tertiary/aromatic N) is 2. The molecule has 0 radical (unpaired) electrons. The molecule has 1 aromatic heterocycles. The molecular weight excluding hydrogens is 326 g/mol. The summed E-state index contributed by atoms with van der Waals surface area (Å²) in [7, 11) is 1.72. The Bertz CT molecular complexity index is 904. The summed E-state index contributed by atoms with van der Waals surface area (Å²) in [6.45, 7) is 0.478. The Morgan fingerprint density at radius 3 is 2.54 bits per heavy atom. The first-order valence-electron chi connectivity index (χ1n) is 8.49. The number of hydrogen-bond donors (Lipinski definition) is 1. The Morgan fingerprint density at radius 2 is 1.73 bits per heavy atom. The third-order valence-electron chi connectivity index (χ3n) is 4.26. The van der Waals surface area contributed by atoms with Gasteiger partial charge in [0.15, 0.2) is 0 Å². The number of hydrogen-bond acceptors (Lipinski definition) is 3. The van der Waals surface area contributed by atoms with E-state index in [1.165, 1.54) is 0 Å². The highest BCUT2D eigenvalue weighted by Crippen LogP contribution is 2.18. The molecule has 132 valence electrons. The molecule has 1 heterocycles. The summed E-state index contributed by atoms with van der Waals surface area (Å²) < 4.78 is 0. The normalized spacial score (nSPS) is 10.5. The van der Waals surface area contributed by atoms with E-state index in [1.54, 1.807) is 24.3 Å². The SMILES string of the molecule is CN(Cc1ccncc1)C(=O)CNC(=O)Cc1cccc2ccccc12. The van der Waals surface area contributed by atoms with Crippen LogP contribution in [0.4, 0.5) is 0 Å². The Morgan fingerprint density at radius 1 is 1.00 bits per heavy atom. The summed E-state index contributed by atoms with van der Waals surface area (Å²) in [6, 6.07) is 17.6. The van der Waals surface area contributed by atoms with Gasteiger partial charge in [0.1, 0.15) is 0 Å². The molecule has 0 aliphatic rings. The second kappa shape index (κ2) is 8.25. The van der Waals surface area contributed by atoms with Crippen LogP contribution in [0, 0.1) is 0 Å². The van der Waals surface area contributed by atoms with Gasteiger partial charge in [0.25, 0.3) is 0 Å². The number of pyridine rings is 1. The van der Waals surface area contributed by atoms with E-state index in [0.717, 1.165) is 21.9 Å². The van der Waals surface area contributed by atoms with Crippen LogP contribution < -0.4 is 5.32 Å². The molecule has 0 saturated carbocycles. The lowest BCUT2D eigenvalue weighted by Gasteiger charge is -2.17. The average Bonchev–Trinajstić information content (AvgIpc) is 2.67. The first-order valence-corrected chi connectivity index (χ1v) is 8.49. The summed E-state index contributed by atoms with van der Waals surface area (Å²) >= 11 is 0. The van der Waals surface area contributed by atoms with Crippen LogP contribution in [0.3, 0.4) is 0 Å². The topological polar surface area (TPSA) is 62.3 Å². The molecule has 3 rings (SSSR count). The number of amides is 2. The van der Waals surface area contributed by atoms with Crippen molar-refractivity contribution >= 4 is 22.6 Å². The van der Waals surface area contributed by atoms with E-state index in [4.69, 9.17) is 0 Å².